The molecule has 112 valence electrons. The van der Waals surface area contributed by atoms with Crippen molar-refractivity contribution in [1.82, 2.24) is 10.2 Å². The molecule has 0 aromatic carbocycles. The van der Waals surface area contributed by atoms with Crippen molar-refractivity contribution in [2.45, 2.75) is 51.9 Å². The molecule has 0 saturated carbocycles. The molecule has 2 heterocycles. The standard InChI is InChI=1S/C15H24N2O2S/c1-5-15(4)14(18)17(8-9-19-11(2)3)13(16-15)12-7-6-10-20-12/h6-7,10-11,13,16H,5,8-9H2,1-4H3. The number of carbonyl (C=O) groups excluding carboxylic acids is 1. The summed E-state index contributed by atoms with van der Waals surface area (Å²) in [6.07, 6.45) is 0.955. The van der Waals surface area contributed by atoms with Crippen LogP contribution in [0.5, 0.6) is 0 Å². The fraction of sp³-hybridized carbons (Fsp3) is 0.667. The molecule has 5 heteroatoms. The first-order valence-corrected chi connectivity index (χ1v) is 8.09. The molecular weight excluding hydrogens is 272 g/mol. The highest BCUT2D eigenvalue weighted by Gasteiger charge is 2.47. The van der Waals surface area contributed by atoms with E-state index in [0.29, 0.717) is 13.2 Å². The van der Waals surface area contributed by atoms with E-state index in [9.17, 15) is 4.79 Å². The zero-order chi connectivity index (χ0) is 14.8. The lowest BCUT2D eigenvalue weighted by Gasteiger charge is -2.23. The minimum atomic E-state index is -0.466. The molecule has 0 radical (unpaired) electrons. The second kappa shape index (κ2) is 6.24. The van der Waals surface area contributed by atoms with Crippen molar-refractivity contribution in [3.63, 3.8) is 0 Å². The van der Waals surface area contributed by atoms with Gasteiger partial charge < -0.3 is 9.64 Å². The molecule has 2 rings (SSSR count). The summed E-state index contributed by atoms with van der Waals surface area (Å²) < 4.78 is 5.60. The van der Waals surface area contributed by atoms with Crippen molar-refractivity contribution in [3.8, 4) is 0 Å². The van der Waals surface area contributed by atoms with Gasteiger partial charge in [0.25, 0.3) is 0 Å². The smallest absolute Gasteiger partial charge is 0.244 e. The highest BCUT2D eigenvalue weighted by molar-refractivity contribution is 7.10. The molecule has 1 aliphatic rings. The molecule has 0 aliphatic carbocycles. The minimum Gasteiger partial charge on any atom is -0.377 e. The maximum absolute atomic E-state index is 12.7. The monoisotopic (exact) mass is 296 g/mol. The number of thiophene rings is 1. The number of rotatable bonds is 6. The molecule has 4 nitrogen and oxygen atoms in total. The van der Waals surface area contributed by atoms with Gasteiger partial charge >= 0.3 is 0 Å². The number of hydrogen-bond acceptors (Lipinski definition) is 4. The first-order chi connectivity index (χ1) is 9.48. The van der Waals surface area contributed by atoms with Gasteiger partial charge in [0, 0.05) is 11.4 Å². The largest absolute Gasteiger partial charge is 0.377 e. The molecule has 0 bridgehead atoms. The van der Waals surface area contributed by atoms with Gasteiger partial charge in [0.2, 0.25) is 5.91 Å². The maximum Gasteiger partial charge on any atom is 0.244 e. The first kappa shape index (κ1) is 15.5. The minimum absolute atomic E-state index is 0.0248. The number of hydrogen-bond donors (Lipinski definition) is 1. The van der Waals surface area contributed by atoms with Crippen LogP contribution >= 0.6 is 11.3 Å². The van der Waals surface area contributed by atoms with Gasteiger partial charge in [0.05, 0.1) is 18.2 Å². The van der Waals surface area contributed by atoms with Crippen LogP contribution in [0.2, 0.25) is 0 Å². The fourth-order valence-electron chi connectivity index (χ4n) is 2.42. The van der Waals surface area contributed by atoms with Crippen LogP contribution in [0, 0.1) is 0 Å². The summed E-state index contributed by atoms with van der Waals surface area (Å²) in [5.74, 6) is 0.172. The predicted octanol–water partition coefficient (Wildman–Crippen LogP) is 2.77. The third-order valence-electron chi connectivity index (χ3n) is 3.80. The van der Waals surface area contributed by atoms with Crippen LogP contribution in [-0.4, -0.2) is 35.6 Å². The zero-order valence-corrected chi connectivity index (χ0v) is 13.5. The summed E-state index contributed by atoms with van der Waals surface area (Å²) >= 11 is 1.68. The van der Waals surface area contributed by atoms with Crippen LogP contribution in [0.25, 0.3) is 0 Å². The van der Waals surface area contributed by atoms with Crippen LogP contribution in [0.15, 0.2) is 17.5 Å². The Bertz CT molecular complexity index is 447. The average molecular weight is 296 g/mol. The van der Waals surface area contributed by atoms with Crippen molar-refractivity contribution >= 4 is 17.2 Å². The number of amides is 1. The van der Waals surface area contributed by atoms with Crippen molar-refractivity contribution in [2.24, 2.45) is 0 Å². The Morgan fingerprint density at radius 3 is 2.85 bits per heavy atom. The highest BCUT2D eigenvalue weighted by Crippen LogP contribution is 2.34. The summed E-state index contributed by atoms with van der Waals surface area (Å²) in [7, 11) is 0. The van der Waals surface area contributed by atoms with Crippen LogP contribution in [0.1, 0.15) is 45.2 Å². The van der Waals surface area contributed by atoms with Gasteiger partial charge in [0.1, 0.15) is 6.17 Å². The fourth-order valence-corrected chi connectivity index (χ4v) is 3.20. The molecule has 2 atom stereocenters. The summed E-state index contributed by atoms with van der Waals surface area (Å²) in [4.78, 5) is 15.7. The normalized spacial score (nSPS) is 26.8. The quantitative estimate of drug-likeness (QED) is 0.877. The van der Waals surface area contributed by atoms with Crippen molar-refractivity contribution in [1.29, 1.82) is 0 Å². The van der Waals surface area contributed by atoms with E-state index in [4.69, 9.17) is 4.74 Å². The predicted molar refractivity (Wildman–Crippen MR) is 81.7 cm³/mol. The molecule has 2 unspecified atom stereocenters. The van der Waals surface area contributed by atoms with Gasteiger partial charge in [-0.05, 0) is 38.6 Å². The summed E-state index contributed by atoms with van der Waals surface area (Å²) in [6, 6.07) is 4.10. The molecule has 1 aromatic rings. The Hall–Kier alpha value is -0.910. The summed E-state index contributed by atoms with van der Waals surface area (Å²) in [6.45, 7) is 9.26. The summed E-state index contributed by atoms with van der Waals surface area (Å²) in [5.41, 5.74) is -0.466. The number of carbonyl (C=O) groups is 1. The molecule has 0 spiro atoms. The van der Waals surface area contributed by atoms with Crippen molar-refractivity contribution in [2.75, 3.05) is 13.2 Å². The second-order valence-corrected chi connectivity index (χ2v) is 6.65. The molecule has 1 fully saturated rings. The SMILES string of the molecule is CCC1(C)NC(c2cccs2)N(CCOC(C)C)C1=O. The second-order valence-electron chi connectivity index (χ2n) is 5.67. The number of nitrogens with zero attached hydrogens (tertiary/aromatic N) is 1. The molecule has 1 N–H and O–H groups in total. The first-order valence-electron chi connectivity index (χ1n) is 7.21. The Balaban J connectivity index is 2.13. The average Bonchev–Trinajstić information content (AvgIpc) is 3.00. The lowest BCUT2D eigenvalue weighted by atomic mass is 9.99. The van der Waals surface area contributed by atoms with Gasteiger partial charge in [-0.15, -0.1) is 11.3 Å². The third kappa shape index (κ3) is 3.05. The lowest BCUT2D eigenvalue weighted by molar-refractivity contribution is -0.133. The van der Waals surface area contributed by atoms with Crippen molar-refractivity contribution < 1.29 is 9.53 Å². The van der Waals surface area contributed by atoms with Gasteiger partial charge in [-0.3, -0.25) is 10.1 Å². The van der Waals surface area contributed by atoms with E-state index in [1.807, 2.05) is 44.0 Å². The van der Waals surface area contributed by atoms with E-state index in [-0.39, 0.29) is 18.2 Å². The van der Waals surface area contributed by atoms with Crippen LogP contribution in [0.3, 0.4) is 0 Å². The van der Waals surface area contributed by atoms with E-state index in [0.717, 1.165) is 6.42 Å². The van der Waals surface area contributed by atoms with Crippen molar-refractivity contribution in [3.05, 3.63) is 22.4 Å². The zero-order valence-electron chi connectivity index (χ0n) is 12.7. The van der Waals surface area contributed by atoms with Gasteiger partial charge in [-0.2, -0.15) is 0 Å². The Morgan fingerprint density at radius 2 is 2.30 bits per heavy atom. The molecule has 1 aliphatic heterocycles. The van der Waals surface area contributed by atoms with Gasteiger partial charge in [-0.25, -0.2) is 0 Å². The Labute approximate surface area is 125 Å². The van der Waals surface area contributed by atoms with E-state index in [2.05, 4.69) is 11.4 Å². The number of nitrogens with one attached hydrogen (secondary N) is 1. The molecule has 1 saturated heterocycles. The van der Waals surface area contributed by atoms with Crippen LogP contribution in [0.4, 0.5) is 0 Å². The van der Waals surface area contributed by atoms with Gasteiger partial charge in [-0.1, -0.05) is 13.0 Å². The summed E-state index contributed by atoms with van der Waals surface area (Å²) in [5, 5.41) is 5.54. The molecular formula is C15H24N2O2S. The Morgan fingerprint density at radius 1 is 1.55 bits per heavy atom. The topological polar surface area (TPSA) is 41.6 Å². The third-order valence-corrected chi connectivity index (χ3v) is 4.73. The molecule has 1 aromatic heterocycles. The highest BCUT2D eigenvalue weighted by atomic mass is 32.1. The van der Waals surface area contributed by atoms with E-state index >= 15 is 0 Å². The van der Waals surface area contributed by atoms with Crippen LogP contribution in [-0.2, 0) is 9.53 Å². The van der Waals surface area contributed by atoms with E-state index < -0.39 is 5.54 Å². The number of ether oxygens (including phenoxy) is 1. The Kier molecular flexibility index (Phi) is 4.83. The lowest BCUT2D eigenvalue weighted by Crippen LogP contribution is -2.43. The van der Waals surface area contributed by atoms with Gasteiger partial charge in [0.15, 0.2) is 0 Å². The van der Waals surface area contributed by atoms with E-state index in [1.54, 1.807) is 11.3 Å². The van der Waals surface area contributed by atoms with Crippen LogP contribution < -0.4 is 5.32 Å². The maximum atomic E-state index is 12.7. The molecule has 20 heavy (non-hydrogen) atoms. The molecule has 1 amide bonds. The van der Waals surface area contributed by atoms with E-state index in [1.165, 1.54) is 4.88 Å².